The highest BCUT2D eigenvalue weighted by Crippen LogP contribution is 2.04. The van der Waals surface area contributed by atoms with E-state index in [0.717, 1.165) is 31.8 Å². The van der Waals surface area contributed by atoms with Crippen LogP contribution in [-0.4, -0.2) is 37.2 Å². The van der Waals surface area contributed by atoms with Crippen molar-refractivity contribution in [2.75, 3.05) is 31.6 Å². The Bertz CT molecular complexity index is 365. The quantitative estimate of drug-likeness (QED) is 0.671. The molecule has 0 spiro atoms. The fourth-order valence-electron chi connectivity index (χ4n) is 1.54. The Kier molecular flexibility index (Phi) is 7.58. The first-order valence-corrected chi connectivity index (χ1v) is 6.83. The van der Waals surface area contributed by atoms with Crippen molar-refractivity contribution < 1.29 is 9.53 Å². The number of amides is 1. The molecule has 1 rings (SSSR count). The smallest absolute Gasteiger partial charge is 0.252 e. The monoisotopic (exact) mass is 265 g/mol. The number of nitrogens with zero attached hydrogens (tertiary/aromatic N) is 1. The van der Waals surface area contributed by atoms with Gasteiger partial charge in [-0.25, -0.2) is 4.98 Å². The molecule has 106 valence electrons. The van der Waals surface area contributed by atoms with E-state index >= 15 is 0 Å². The Morgan fingerprint density at radius 1 is 1.32 bits per heavy atom. The summed E-state index contributed by atoms with van der Waals surface area (Å²) in [4.78, 5) is 16.0. The molecule has 0 saturated carbocycles. The predicted molar refractivity (Wildman–Crippen MR) is 76.5 cm³/mol. The molecule has 1 amide bonds. The molecule has 0 atom stereocenters. The zero-order chi connectivity index (χ0) is 13.9. The van der Waals surface area contributed by atoms with Gasteiger partial charge in [-0.05, 0) is 31.9 Å². The summed E-state index contributed by atoms with van der Waals surface area (Å²) in [6.45, 7) is 6.98. The zero-order valence-corrected chi connectivity index (χ0v) is 11.7. The number of ether oxygens (including phenoxy) is 1. The Labute approximate surface area is 114 Å². The third kappa shape index (κ3) is 6.20. The number of carbonyl (C=O) groups is 1. The molecule has 5 nitrogen and oxygen atoms in total. The van der Waals surface area contributed by atoms with E-state index in [1.807, 2.05) is 13.0 Å². The van der Waals surface area contributed by atoms with E-state index in [1.165, 1.54) is 0 Å². The van der Waals surface area contributed by atoms with Gasteiger partial charge in [0.05, 0.1) is 5.56 Å². The predicted octanol–water partition coefficient (Wildman–Crippen LogP) is 2.06. The molecule has 0 saturated heterocycles. The van der Waals surface area contributed by atoms with Gasteiger partial charge in [0.1, 0.15) is 5.82 Å². The van der Waals surface area contributed by atoms with Gasteiger partial charge in [-0.2, -0.15) is 0 Å². The van der Waals surface area contributed by atoms with Crippen molar-refractivity contribution in [3.8, 4) is 0 Å². The number of pyridine rings is 1. The van der Waals surface area contributed by atoms with Gasteiger partial charge in [-0.3, -0.25) is 4.79 Å². The van der Waals surface area contributed by atoms with E-state index < -0.39 is 0 Å². The standard InChI is InChI=1S/C14H23N3O2/c1-3-9-19-10-5-8-16-14(18)12-6-7-13(15-4-2)17-11-12/h6-7,11H,3-5,8-10H2,1-2H3,(H,15,17)(H,16,18). The number of hydrogen-bond acceptors (Lipinski definition) is 4. The van der Waals surface area contributed by atoms with Crippen molar-refractivity contribution in [2.45, 2.75) is 26.7 Å². The first kappa shape index (κ1) is 15.4. The maximum Gasteiger partial charge on any atom is 0.252 e. The zero-order valence-electron chi connectivity index (χ0n) is 11.7. The number of nitrogens with one attached hydrogen (secondary N) is 2. The fourth-order valence-corrected chi connectivity index (χ4v) is 1.54. The molecule has 1 aromatic rings. The molecular weight excluding hydrogens is 242 g/mol. The van der Waals surface area contributed by atoms with Gasteiger partial charge in [0.2, 0.25) is 0 Å². The molecule has 19 heavy (non-hydrogen) atoms. The second-order valence-electron chi connectivity index (χ2n) is 4.18. The van der Waals surface area contributed by atoms with E-state index in [1.54, 1.807) is 12.3 Å². The van der Waals surface area contributed by atoms with Gasteiger partial charge < -0.3 is 15.4 Å². The number of hydrogen-bond donors (Lipinski definition) is 2. The highest BCUT2D eigenvalue weighted by atomic mass is 16.5. The van der Waals surface area contributed by atoms with Gasteiger partial charge in [-0.1, -0.05) is 6.92 Å². The largest absolute Gasteiger partial charge is 0.381 e. The highest BCUT2D eigenvalue weighted by Gasteiger charge is 2.04. The number of rotatable bonds is 9. The molecule has 0 aliphatic carbocycles. The van der Waals surface area contributed by atoms with Crippen LogP contribution in [0.4, 0.5) is 5.82 Å². The summed E-state index contributed by atoms with van der Waals surface area (Å²) in [5, 5.41) is 5.93. The summed E-state index contributed by atoms with van der Waals surface area (Å²) in [6, 6.07) is 3.58. The van der Waals surface area contributed by atoms with Crippen LogP contribution >= 0.6 is 0 Å². The van der Waals surface area contributed by atoms with Crippen LogP contribution in [0.1, 0.15) is 37.0 Å². The summed E-state index contributed by atoms with van der Waals surface area (Å²) in [7, 11) is 0. The van der Waals surface area contributed by atoms with Crippen LogP contribution in [0.3, 0.4) is 0 Å². The number of anilines is 1. The Balaban J connectivity index is 2.25. The van der Waals surface area contributed by atoms with E-state index in [0.29, 0.717) is 18.7 Å². The number of carbonyl (C=O) groups excluding carboxylic acids is 1. The average Bonchev–Trinajstić information content (AvgIpc) is 2.43. The second-order valence-corrected chi connectivity index (χ2v) is 4.18. The van der Waals surface area contributed by atoms with Gasteiger partial charge in [0.15, 0.2) is 0 Å². The topological polar surface area (TPSA) is 63.2 Å². The van der Waals surface area contributed by atoms with Crippen LogP contribution < -0.4 is 10.6 Å². The van der Waals surface area contributed by atoms with E-state index in [2.05, 4.69) is 22.5 Å². The van der Waals surface area contributed by atoms with Crippen molar-refractivity contribution in [3.63, 3.8) is 0 Å². The summed E-state index contributed by atoms with van der Waals surface area (Å²) < 4.78 is 5.34. The lowest BCUT2D eigenvalue weighted by Crippen LogP contribution is -2.25. The molecular formula is C14H23N3O2. The van der Waals surface area contributed by atoms with Gasteiger partial charge in [0.25, 0.3) is 5.91 Å². The Hall–Kier alpha value is -1.62. The third-order valence-corrected chi connectivity index (χ3v) is 2.48. The van der Waals surface area contributed by atoms with Crippen molar-refractivity contribution in [3.05, 3.63) is 23.9 Å². The van der Waals surface area contributed by atoms with Crippen molar-refractivity contribution in [1.29, 1.82) is 0 Å². The van der Waals surface area contributed by atoms with Crippen LogP contribution in [0.15, 0.2) is 18.3 Å². The molecule has 0 bridgehead atoms. The molecule has 1 aromatic heterocycles. The first-order valence-electron chi connectivity index (χ1n) is 6.83. The summed E-state index contributed by atoms with van der Waals surface area (Å²) in [5.41, 5.74) is 0.580. The molecule has 0 aliphatic heterocycles. The maximum absolute atomic E-state index is 11.8. The molecule has 1 heterocycles. The number of aromatic nitrogens is 1. The normalized spacial score (nSPS) is 10.2. The summed E-state index contributed by atoms with van der Waals surface area (Å²) in [5.74, 6) is 0.693. The minimum atomic E-state index is -0.0916. The summed E-state index contributed by atoms with van der Waals surface area (Å²) >= 11 is 0. The fraction of sp³-hybridized carbons (Fsp3) is 0.571. The van der Waals surface area contributed by atoms with E-state index in [4.69, 9.17) is 4.74 Å². The van der Waals surface area contributed by atoms with Crippen LogP contribution in [0.2, 0.25) is 0 Å². The van der Waals surface area contributed by atoms with Crippen LogP contribution in [0, 0.1) is 0 Å². The molecule has 2 N–H and O–H groups in total. The highest BCUT2D eigenvalue weighted by molar-refractivity contribution is 5.93. The van der Waals surface area contributed by atoms with Crippen molar-refractivity contribution in [2.24, 2.45) is 0 Å². The lowest BCUT2D eigenvalue weighted by atomic mass is 10.2. The molecule has 0 unspecified atom stereocenters. The molecule has 0 aromatic carbocycles. The minimum Gasteiger partial charge on any atom is -0.381 e. The molecule has 0 aliphatic rings. The van der Waals surface area contributed by atoms with E-state index in [-0.39, 0.29) is 5.91 Å². The van der Waals surface area contributed by atoms with Crippen LogP contribution in [-0.2, 0) is 4.74 Å². The molecule has 0 radical (unpaired) electrons. The Morgan fingerprint density at radius 3 is 2.79 bits per heavy atom. The van der Waals surface area contributed by atoms with Gasteiger partial charge in [-0.15, -0.1) is 0 Å². The minimum absolute atomic E-state index is 0.0916. The van der Waals surface area contributed by atoms with E-state index in [9.17, 15) is 4.79 Å². The average molecular weight is 265 g/mol. The first-order chi connectivity index (χ1) is 9.27. The Morgan fingerprint density at radius 2 is 2.16 bits per heavy atom. The maximum atomic E-state index is 11.8. The van der Waals surface area contributed by atoms with Gasteiger partial charge in [0, 0.05) is 32.5 Å². The van der Waals surface area contributed by atoms with Crippen molar-refractivity contribution in [1.82, 2.24) is 10.3 Å². The SMILES string of the molecule is CCCOCCCNC(=O)c1ccc(NCC)nc1. The van der Waals surface area contributed by atoms with Crippen LogP contribution in [0.5, 0.6) is 0 Å². The van der Waals surface area contributed by atoms with Crippen molar-refractivity contribution >= 4 is 11.7 Å². The molecule has 5 heteroatoms. The van der Waals surface area contributed by atoms with Crippen LogP contribution in [0.25, 0.3) is 0 Å². The molecule has 0 fully saturated rings. The lowest BCUT2D eigenvalue weighted by Gasteiger charge is -2.06. The van der Waals surface area contributed by atoms with Gasteiger partial charge >= 0.3 is 0 Å². The lowest BCUT2D eigenvalue weighted by molar-refractivity contribution is 0.0941. The third-order valence-electron chi connectivity index (χ3n) is 2.48. The summed E-state index contributed by atoms with van der Waals surface area (Å²) in [6.07, 6.45) is 3.44. The second kappa shape index (κ2) is 9.33.